The van der Waals surface area contributed by atoms with Crippen LogP contribution in [0.25, 0.3) is 11.1 Å². The van der Waals surface area contributed by atoms with Crippen LogP contribution in [0, 0.1) is 11.6 Å². The highest BCUT2D eigenvalue weighted by atomic mass is 79.9. The van der Waals surface area contributed by atoms with Crippen LogP contribution >= 0.6 is 15.9 Å². The standard InChI is InChI=1S/C17H10BrF2NO/c18-12-4-1-10(2-5-12)17(22)14-9-21-8-13(14)11-3-6-15(19)16(20)7-11/h1-9,21H. The lowest BCUT2D eigenvalue weighted by atomic mass is 9.98. The van der Waals surface area contributed by atoms with Crippen LogP contribution in [0.1, 0.15) is 15.9 Å². The third-order valence-corrected chi connectivity index (χ3v) is 3.86. The Morgan fingerprint density at radius 3 is 2.36 bits per heavy atom. The van der Waals surface area contributed by atoms with Gasteiger partial charge in [0.05, 0.1) is 0 Å². The quantitative estimate of drug-likeness (QED) is 0.657. The maximum Gasteiger partial charge on any atom is 0.195 e. The first-order valence-electron chi connectivity index (χ1n) is 6.49. The highest BCUT2D eigenvalue weighted by Gasteiger charge is 2.16. The summed E-state index contributed by atoms with van der Waals surface area (Å²) in [6.07, 6.45) is 3.15. The molecule has 0 saturated carbocycles. The van der Waals surface area contributed by atoms with E-state index < -0.39 is 11.6 Å². The van der Waals surface area contributed by atoms with Crippen LogP contribution in [-0.2, 0) is 0 Å². The molecule has 1 heterocycles. The summed E-state index contributed by atoms with van der Waals surface area (Å²) < 4.78 is 27.3. The van der Waals surface area contributed by atoms with Crippen molar-refractivity contribution in [1.82, 2.24) is 4.98 Å². The number of aromatic nitrogens is 1. The van der Waals surface area contributed by atoms with E-state index in [0.717, 1.165) is 16.6 Å². The largest absolute Gasteiger partial charge is 0.366 e. The van der Waals surface area contributed by atoms with Gasteiger partial charge in [-0.3, -0.25) is 4.79 Å². The molecule has 3 aromatic rings. The van der Waals surface area contributed by atoms with Gasteiger partial charge in [0.15, 0.2) is 17.4 Å². The number of halogens is 3. The van der Waals surface area contributed by atoms with Gasteiger partial charge < -0.3 is 4.98 Å². The molecule has 0 saturated heterocycles. The number of H-pyrrole nitrogens is 1. The van der Waals surface area contributed by atoms with Gasteiger partial charge in [-0.05, 0) is 42.0 Å². The van der Waals surface area contributed by atoms with E-state index in [9.17, 15) is 13.6 Å². The Bertz CT molecular complexity index is 840. The van der Waals surface area contributed by atoms with Gasteiger partial charge in [-0.25, -0.2) is 8.78 Å². The van der Waals surface area contributed by atoms with Crippen molar-refractivity contribution in [3.63, 3.8) is 0 Å². The van der Waals surface area contributed by atoms with E-state index in [4.69, 9.17) is 0 Å². The number of hydrogen-bond donors (Lipinski definition) is 1. The molecule has 0 spiro atoms. The van der Waals surface area contributed by atoms with Crippen LogP contribution in [0.2, 0.25) is 0 Å². The maximum absolute atomic E-state index is 13.4. The molecule has 0 unspecified atom stereocenters. The molecule has 0 atom stereocenters. The highest BCUT2D eigenvalue weighted by Crippen LogP contribution is 2.27. The Hall–Kier alpha value is -2.27. The molecule has 110 valence electrons. The van der Waals surface area contributed by atoms with E-state index in [1.165, 1.54) is 6.07 Å². The van der Waals surface area contributed by atoms with E-state index in [2.05, 4.69) is 20.9 Å². The molecule has 3 rings (SSSR count). The van der Waals surface area contributed by atoms with Crippen molar-refractivity contribution in [2.75, 3.05) is 0 Å². The number of ketones is 1. The molecule has 1 N–H and O–H groups in total. The second-order valence-corrected chi connectivity index (χ2v) is 5.66. The lowest BCUT2D eigenvalue weighted by Crippen LogP contribution is -2.01. The summed E-state index contributed by atoms with van der Waals surface area (Å²) in [6.45, 7) is 0. The van der Waals surface area contributed by atoms with E-state index in [-0.39, 0.29) is 5.78 Å². The first kappa shape index (κ1) is 14.7. The first-order valence-corrected chi connectivity index (χ1v) is 7.28. The molecule has 0 radical (unpaired) electrons. The van der Waals surface area contributed by atoms with Crippen molar-refractivity contribution >= 4 is 21.7 Å². The third kappa shape index (κ3) is 2.72. The van der Waals surface area contributed by atoms with Gasteiger partial charge in [0.1, 0.15) is 0 Å². The molecular weight excluding hydrogens is 352 g/mol. The SMILES string of the molecule is O=C(c1ccc(Br)cc1)c1c[nH]cc1-c1ccc(F)c(F)c1. The van der Waals surface area contributed by atoms with Crippen LogP contribution in [0.4, 0.5) is 8.78 Å². The molecule has 2 aromatic carbocycles. The zero-order valence-electron chi connectivity index (χ0n) is 11.2. The Kier molecular flexibility index (Phi) is 3.90. The van der Waals surface area contributed by atoms with Crippen molar-refractivity contribution in [3.05, 3.63) is 82.1 Å². The van der Waals surface area contributed by atoms with E-state index >= 15 is 0 Å². The number of aromatic amines is 1. The molecule has 5 heteroatoms. The lowest BCUT2D eigenvalue weighted by molar-refractivity contribution is 0.103. The molecule has 0 bridgehead atoms. The Morgan fingerprint density at radius 1 is 0.955 bits per heavy atom. The number of carbonyl (C=O) groups excluding carboxylic acids is 1. The summed E-state index contributed by atoms with van der Waals surface area (Å²) in [4.78, 5) is 15.4. The number of benzene rings is 2. The third-order valence-electron chi connectivity index (χ3n) is 3.33. The van der Waals surface area contributed by atoms with Crippen molar-refractivity contribution in [3.8, 4) is 11.1 Å². The van der Waals surface area contributed by atoms with Crippen LogP contribution in [-0.4, -0.2) is 10.8 Å². The normalized spacial score (nSPS) is 10.7. The van der Waals surface area contributed by atoms with Crippen molar-refractivity contribution in [1.29, 1.82) is 0 Å². The fraction of sp³-hybridized carbons (Fsp3) is 0. The Morgan fingerprint density at radius 2 is 1.68 bits per heavy atom. The van der Waals surface area contributed by atoms with Gasteiger partial charge >= 0.3 is 0 Å². The average Bonchev–Trinajstić information content (AvgIpc) is 2.99. The van der Waals surface area contributed by atoms with Gasteiger partial charge in [-0.15, -0.1) is 0 Å². The van der Waals surface area contributed by atoms with Gasteiger partial charge in [0.2, 0.25) is 0 Å². The Balaban J connectivity index is 2.03. The predicted molar refractivity (Wildman–Crippen MR) is 83.7 cm³/mol. The zero-order valence-corrected chi connectivity index (χ0v) is 12.8. The minimum atomic E-state index is -0.944. The lowest BCUT2D eigenvalue weighted by Gasteiger charge is -2.05. The molecule has 0 amide bonds. The molecule has 1 aromatic heterocycles. The van der Waals surface area contributed by atoms with Gasteiger partial charge in [-0.1, -0.05) is 22.0 Å². The van der Waals surface area contributed by atoms with Crippen LogP contribution in [0.15, 0.2) is 59.3 Å². The fourth-order valence-electron chi connectivity index (χ4n) is 2.21. The van der Waals surface area contributed by atoms with E-state index in [1.807, 2.05) is 0 Å². The maximum atomic E-state index is 13.4. The number of carbonyl (C=O) groups is 1. The van der Waals surface area contributed by atoms with E-state index in [1.54, 1.807) is 36.7 Å². The number of hydrogen-bond acceptors (Lipinski definition) is 1. The van der Waals surface area contributed by atoms with Crippen molar-refractivity contribution < 1.29 is 13.6 Å². The van der Waals surface area contributed by atoms with Gasteiger partial charge in [0.25, 0.3) is 0 Å². The highest BCUT2D eigenvalue weighted by molar-refractivity contribution is 9.10. The predicted octanol–water partition coefficient (Wildman–Crippen LogP) is 4.95. The molecule has 0 aliphatic rings. The zero-order chi connectivity index (χ0) is 15.7. The van der Waals surface area contributed by atoms with Crippen molar-refractivity contribution in [2.24, 2.45) is 0 Å². The second-order valence-electron chi connectivity index (χ2n) is 4.75. The minimum Gasteiger partial charge on any atom is -0.366 e. The average molecular weight is 362 g/mol. The summed E-state index contributed by atoms with van der Waals surface area (Å²) in [5.74, 6) is -2.05. The smallest absolute Gasteiger partial charge is 0.195 e. The monoisotopic (exact) mass is 361 g/mol. The van der Waals surface area contributed by atoms with Gasteiger partial charge in [-0.2, -0.15) is 0 Å². The molecule has 22 heavy (non-hydrogen) atoms. The molecule has 0 aliphatic carbocycles. The minimum absolute atomic E-state index is 0.187. The summed E-state index contributed by atoms with van der Waals surface area (Å²) in [5.41, 5.74) is 1.91. The van der Waals surface area contributed by atoms with Gasteiger partial charge in [0, 0.05) is 33.6 Å². The molecular formula is C17H10BrF2NO. The molecule has 0 aliphatic heterocycles. The second kappa shape index (κ2) is 5.85. The van der Waals surface area contributed by atoms with Crippen LogP contribution < -0.4 is 0 Å². The topological polar surface area (TPSA) is 32.9 Å². The number of nitrogens with one attached hydrogen (secondary N) is 1. The van der Waals surface area contributed by atoms with Crippen LogP contribution in [0.5, 0.6) is 0 Å². The number of rotatable bonds is 3. The molecule has 2 nitrogen and oxygen atoms in total. The Labute approximate surface area is 133 Å². The fourth-order valence-corrected chi connectivity index (χ4v) is 2.48. The van der Waals surface area contributed by atoms with Crippen molar-refractivity contribution in [2.45, 2.75) is 0 Å². The first-order chi connectivity index (χ1) is 10.6. The van der Waals surface area contributed by atoms with E-state index in [0.29, 0.717) is 22.3 Å². The summed E-state index contributed by atoms with van der Waals surface area (Å²) in [7, 11) is 0. The molecule has 0 fully saturated rings. The summed E-state index contributed by atoms with van der Waals surface area (Å²) in [5, 5.41) is 0. The van der Waals surface area contributed by atoms with Crippen LogP contribution in [0.3, 0.4) is 0 Å². The summed E-state index contributed by atoms with van der Waals surface area (Å²) in [6, 6.07) is 10.5. The summed E-state index contributed by atoms with van der Waals surface area (Å²) >= 11 is 3.31.